The summed E-state index contributed by atoms with van der Waals surface area (Å²) >= 11 is 0. The predicted octanol–water partition coefficient (Wildman–Crippen LogP) is 0.750. The van der Waals surface area contributed by atoms with E-state index in [1.54, 1.807) is 0 Å². The molecule has 2 fully saturated rings. The van der Waals surface area contributed by atoms with Crippen molar-refractivity contribution in [1.29, 1.82) is 0 Å². The van der Waals surface area contributed by atoms with Gasteiger partial charge in [-0.15, -0.1) is 0 Å². The summed E-state index contributed by atoms with van der Waals surface area (Å²) in [4.78, 5) is 14.6. The van der Waals surface area contributed by atoms with Crippen molar-refractivity contribution in [3.8, 4) is 0 Å². The number of nitrogens with zero attached hydrogens (tertiary/aromatic N) is 1. The standard InChI is InChI=1S/C15H28N2O3/c1-15(2)10-17(8-13(9-18)20-15)14(19)12-5-3-4-11(6-12)7-16/h11-13,18H,3-10,16H2,1-2H3. The maximum atomic E-state index is 12.7. The Labute approximate surface area is 121 Å². The fraction of sp³-hybridized carbons (Fsp3) is 0.933. The van der Waals surface area contributed by atoms with Crippen molar-refractivity contribution >= 4 is 5.91 Å². The van der Waals surface area contributed by atoms with Crippen LogP contribution in [0.5, 0.6) is 0 Å². The minimum absolute atomic E-state index is 0.0384. The Morgan fingerprint density at radius 2 is 2.20 bits per heavy atom. The first-order chi connectivity index (χ1) is 9.45. The minimum atomic E-state index is -0.386. The number of carbonyl (C=O) groups excluding carboxylic acids is 1. The summed E-state index contributed by atoms with van der Waals surface area (Å²) in [5.74, 6) is 0.809. The van der Waals surface area contributed by atoms with E-state index in [2.05, 4.69) is 0 Å². The van der Waals surface area contributed by atoms with E-state index in [1.165, 1.54) is 0 Å². The molecule has 20 heavy (non-hydrogen) atoms. The first kappa shape index (κ1) is 15.7. The molecule has 3 N–H and O–H groups in total. The normalized spacial score (nSPS) is 34.0. The van der Waals surface area contributed by atoms with Crippen LogP contribution in [0.4, 0.5) is 0 Å². The number of morpholine rings is 1. The van der Waals surface area contributed by atoms with Gasteiger partial charge in [0.15, 0.2) is 0 Å². The van der Waals surface area contributed by atoms with Crippen molar-refractivity contribution in [3.05, 3.63) is 0 Å². The quantitative estimate of drug-likeness (QED) is 0.802. The van der Waals surface area contributed by atoms with Gasteiger partial charge in [0.05, 0.1) is 18.3 Å². The van der Waals surface area contributed by atoms with Gasteiger partial charge >= 0.3 is 0 Å². The first-order valence-electron chi connectivity index (χ1n) is 7.72. The Hall–Kier alpha value is -0.650. The van der Waals surface area contributed by atoms with Gasteiger partial charge in [-0.2, -0.15) is 0 Å². The lowest BCUT2D eigenvalue weighted by atomic mass is 9.80. The van der Waals surface area contributed by atoms with Crippen LogP contribution in [0.25, 0.3) is 0 Å². The molecule has 1 aliphatic heterocycles. The molecule has 5 nitrogen and oxygen atoms in total. The summed E-state index contributed by atoms with van der Waals surface area (Å²) in [5.41, 5.74) is 5.37. The maximum Gasteiger partial charge on any atom is 0.225 e. The molecule has 2 rings (SSSR count). The van der Waals surface area contributed by atoms with E-state index in [1.807, 2.05) is 18.7 Å². The highest BCUT2D eigenvalue weighted by Gasteiger charge is 2.38. The fourth-order valence-electron chi connectivity index (χ4n) is 3.55. The molecule has 1 aliphatic carbocycles. The average molecular weight is 284 g/mol. The number of amides is 1. The van der Waals surface area contributed by atoms with Gasteiger partial charge in [-0.25, -0.2) is 0 Å². The number of carbonyl (C=O) groups is 1. The molecular formula is C15H28N2O3. The van der Waals surface area contributed by atoms with Crippen molar-refractivity contribution in [2.45, 2.75) is 51.2 Å². The molecule has 1 amide bonds. The molecule has 2 aliphatic rings. The topological polar surface area (TPSA) is 75.8 Å². The van der Waals surface area contributed by atoms with Crippen LogP contribution >= 0.6 is 0 Å². The average Bonchev–Trinajstić information content (AvgIpc) is 2.44. The number of rotatable bonds is 3. The molecule has 0 aromatic carbocycles. The lowest BCUT2D eigenvalue weighted by Gasteiger charge is -2.44. The van der Waals surface area contributed by atoms with Crippen molar-refractivity contribution < 1.29 is 14.6 Å². The van der Waals surface area contributed by atoms with E-state index in [0.717, 1.165) is 25.7 Å². The Kier molecular flexibility index (Phi) is 5.04. The van der Waals surface area contributed by atoms with Crippen molar-refractivity contribution in [1.82, 2.24) is 4.90 Å². The molecule has 1 saturated carbocycles. The highest BCUT2D eigenvalue weighted by Crippen LogP contribution is 2.31. The molecule has 0 aromatic rings. The van der Waals surface area contributed by atoms with Gasteiger partial charge in [0.25, 0.3) is 0 Å². The molecule has 0 bridgehead atoms. The highest BCUT2D eigenvalue weighted by atomic mass is 16.5. The number of hydrogen-bond donors (Lipinski definition) is 2. The smallest absolute Gasteiger partial charge is 0.225 e. The monoisotopic (exact) mass is 284 g/mol. The van der Waals surface area contributed by atoms with Crippen LogP contribution in [0, 0.1) is 11.8 Å². The molecule has 0 spiro atoms. The van der Waals surface area contributed by atoms with Gasteiger partial charge in [-0.3, -0.25) is 4.79 Å². The fourth-order valence-corrected chi connectivity index (χ4v) is 3.55. The summed E-state index contributed by atoms with van der Waals surface area (Å²) in [6.45, 7) is 5.69. The molecular weight excluding hydrogens is 256 g/mol. The second-order valence-corrected chi connectivity index (χ2v) is 6.87. The molecule has 116 valence electrons. The van der Waals surface area contributed by atoms with Crippen LogP contribution in [0.15, 0.2) is 0 Å². The Morgan fingerprint density at radius 1 is 1.45 bits per heavy atom. The van der Waals surface area contributed by atoms with Gasteiger partial charge in [0.2, 0.25) is 5.91 Å². The minimum Gasteiger partial charge on any atom is -0.394 e. The van der Waals surface area contributed by atoms with Gasteiger partial charge in [-0.1, -0.05) is 6.42 Å². The van der Waals surface area contributed by atoms with Crippen LogP contribution in [0.2, 0.25) is 0 Å². The largest absolute Gasteiger partial charge is 0.394 e. The highest BCUT2D eigenvalue weighted by molar-refractivity contribution is 5.79. The third kappa shape index (κ3) is 3.71. The van der Waals surface area contributed by atoms with Gasteiger partial charge < -0.3 is 20.5 Å². The summed E-state index contributed by atoms with van der Waals surface area (Å²) in [6.07, 6.45) is 3.86. The zero-order valence-electron chi connectivity index (χ0n) is 12.7. The van der Waals surface area contributed by atoms with E-state index in [0.29, 0.717) is 25.6 Å². The molecule has 3 atom stereocenters. The van der Waals surface area contributed by atoms with Gasteiger partial charge in [0, 0.05) is 19.0 Å². The third-order valence-corrected chi connectivity index (χ3v) is 4.46. The lowest BCUT2D eigenvalue weighted by Crippen LogP contribution is -2.57. The second-order valence-electron chi connectivity index (χ2n) is 6.87. The molecule has 5 heteroatoms. The summed E-state index contributed by atoms with van der Waals surface area (Å²) in [6, 6.07) is 0. The number of hydrogen-bond acceptors (Lipinski definition) is 4. The summed E-state index contributed by atoms with van der Waals surface area (Å²) in [5, 5.41) is 9.33. The van der Waals surface area contributed by atoms with E-state index >= 15 is 0 Å². The predicted molar refractivity (Wildman–Crippen MR) is 77.1 cm³/mol. The van der Waals surface area contributed by atoms with Crippen LogP contribution in [0.3, 0.4) is 0 Å². The van der Waals surface area contributed by atoms with E-state index < -0.39 is 0 Å². The molecule has 0 radical (unpaired) electrons. The zero-order chi connectivity index (χ0) is 14.8. The van der Waals surface area contributed by atoms with E-state index in [4.69, 9.17) is 10.5 Å². The van der Waals surface area contributed by atoms with Crippen molar-refractivity contribution in [2.24, 2.45) is 17.6 Å². The van der Waals surface area contributed by atoms with E-state index in [-0.39, 0.29) is 30.1 Å². The van der Waals surface area contributed by atoms with Crippen LogP contribution < -0.4 is 5.73 Å². The molecule has 3 unspecified atom stereocenters. The molecule has 1 heterocycles. The summed E-state index contributed by atoms with van der Waals surface area (Å²) < 4.78 is 5.77. The maximum absolute atomic E-state index is 12.7. The number of ether oxygens (including phenoxy) is 1. The Balaban J connectivity index is 2.00. The van der Waals surface area contributed by atoms with Gasteiger partial charge in [-0.05, 0) is 45.6 Å². The number of aliphatic hydroxyl groups is 1. The Bertz CT molecular complexity index is 346. The number of aliphatic hydroxyl groups excluding tert-OH is 1. The SMILES string of the molecule is CC1(C)CN(C(=O)C2CCCC(CN)C2)CC(CO)O1. The lowest BCUT2D eigenvalue weighted by molar-refractivity contribution is -0.170. The van der Waals surface area contributed by atoms with E-state index in [9.17, 15) is 9.90 Å². The second kappa shape index (κ2) is 6.41. The zero-order valence-corrected chi connectivity index (χ0v) is 12.7. The number of nitrogens with two attached hydrogens (primary N) is 1. The Morgan fingerprint density at radius 3 is 2.85 bits per heavy atom. The first-order valence-corrected chi connectivity index (χ1v) is 7.72. The van der Waals surface area contributed by atoms with Gasteiger partial charge in [0.1, 0.15) is 0 Å². The van der Waals surface area contributed by atoms with Crippen molar-refractivity contribution in [2.75, 3.05) is 26.2 Å². The molecule has 0 aromatic heterocycles. The van der Waals surface area contributed by atoms with Crippen LogP contribution in [-0.2, 0) is 9.53 Å². The van der Waals surface area contributed by atoms with Crippen LogP contribution in [0.1, 0.15) is 39.5 Å². The van der Waals surface area contributed by atoms with Crippen LogP contribution in [-0.4, -0.2) is 53.9 Å². The summed E-state index contributed by atoms with van der Waals surface area (Å²) in [7, 11) is 0. The third-order valence-electron chi connectivity index (χ3n) is 4.46. The molecule has 1 saturated heterocycles. The van der Waals surface area contributed by atoms with Crippen molar-refractivity contribution in [3.63, 3.8) is 0 Å².